The van der Waals surface area contributed by atoms with Crippen molar-refractivity contribution >= 4 is 24.3 Å². The van der Waals surface area contributed by atoms with E-state index < -0.39 is 0 Å². The summed E-state index contributed by atoms with van der Waals surface area (Å²) in [5, 5.41) is 3.09. The van der Waals surface area contributed by atoms with Crippen LogP contribution in [0.5, 0.6) is 0 Å². The van der Waals surface area contributed by atoms with Crippen LogP contribution < -0.4 is 5.32 Å². The van der Waals surface area contributed by atoms with Gasteiger partial charge in [-0.3, -0.25) is 9.59 Å². The maximum atomic E-state index is 12.1. The monoisotopic (exact) mass is 371 g/mol. The number of carbonyl (C=O) groups is 2. The molecule has 0 radical (unpaired) electrons. The van der Waals surface area contributed by atoms with Crippen molar-refractivity contribution in [2.45, 2.75) is 83.0 Å². The predicted octanol–water partition coefficient (Wildman–Crippen LogP) is 2.91. The van der Waals surface area contributed by atoms with Gasteiger partial charge in [-0.15, -0.1) is 0 Å². The average Bonchev–Trinajstić information content (AvgIpc) is 2.61. The third kappa shape index (κ3) is 7.67. The summed E-state index contributed by atoms with van der Waals surface area (Å²) in [6.07, 6.45) is 8.72. The van der Waals surface area contributed by atoms with E-state index in [4.69, 9.17) is 9.47 Å². The van der Waals surface area contributed by atoms with Crippen LogP contribution in [-0.4, -0.2) is 48.9 Å². The lowest BCUT2D eigenvalue weighted by molar-refractivity contribution is -0.124. The van der Waals surface area contributed by atoms with Gasteiger partial charge in [-0.25, -0.2) is 0 Å². The van der Waals surface area contributed by atoms with Gasteiger partial charge in [-0.05, 0) is 58.3 Å². The molecule has 25 heavy (non-hydrogen) atoms. The predicted molar refractivity (Wildman–Crippen MR) is 101 cm³/mol. The van der Waals surface area contributed by atoms with Crippen molar-refractivity contribution in [2.24, 2.45) is 5.92 Å². The van der Waals surface area contributed by atoms with Crippen molar-refractivity contribution in [1.29, 1.82) is 0 Å². The Labute approximate surface area is 157 Å². The minimum Gasteiger partial charge on any atom is -0.378 e. The fourth-order valence-corrected chi connectivity index (χ4v) is 3.95. The van der Waals surface area contributed by atoms with Gasteiger partial charge in [0.15, 0.2) is 0 Å². The number of amides is 1. The highest BCUT2D eigenvalue weighted by molar-refractivity contribution is 7.80. The van der Waals surface area contributed by atoms with Gasteiger partial charge >= 0.3 is 0 Å². The van der Waals surface area contributed by atoms with Crippen molar-refractivity contribution in [3.05, 3.63) is 0 Å². The molecule has 2 rings (SSSR count). The highest BCUT2D eigenvalue weighted by Crippen LogP contribution is 2.25. The minimum absolute atomic E-state index is 0.0667. The highest BCUT2D eigenvalue weighted by atomic mass is 32.1. The molecule has 2 fully saturated rings. The molecule has 0 aromatic heterocycles. The number of hydrogen-bond acceptors (Lipinski definition) is 5. The van der Waals surface area contributed by atoms with Crippen LogP contribution in [0, 0.1) is 5.92 Å². The molecule has 1 amide bonds. The van der Waals surface area contributed by atoms with Crippen molar-refractivity contribution in [3.63, 3.8) is 0 Å². The number of ether oxygens (including phenoxy) is 2. The van der Waals surface area contributed by atoms with Gasteiger partial charge in [0.1, 0.15) is 5.78 Å². The van der Waals surface area contributed by atoms with Crippen molar-refractivity contribution in [3.8, 4) is 0 Å². The molecule has 0 unspecified atom stereocenters. The summed E-state index contributed by atoms with van der Waals surface area (Å²) in [4.78, 5) is 23.4. The molecule has 0 aliphatic heterocycles. The fraction of sp³-hybridized carbons (Fsp3) is 0.895. The average molecular weight is 372 g/mol. The van der Waals surface area contributed by atoms with Gasteiger partial charge in [0.2, 0.25) is 5.91 Å². The number of nitrogens with one attached hydrogen (secondary N) is 1. The van der Waals surface area contributed by atoms with Crippen LogP contribution in [0.1, 0.15) is 64.7 Å². The summed E-state index contributed by atoms with van der Waals surface area (Å²) in [5.41, 5.74) is 0. The number of Topliss-reactive ketones (excluding diaryl/α,β-unsaturated/α-hetero) is 1. The molecule has 0 aromatic carbocycles. The van der Waals surface area contributed by atoms with Crippen molar-refractivity contribution < 1.29 is 19.1 Å². The van der Waals surface area contributed by atoms with E-state index in [1.165, 1.54) is 0 Å². The van der Waals surface area contributed by atoms with Crippen LogP contribution in [0.2, 0.25) is 0 Å². The lowest BCUT2D eigenvalue weighted by Crippen LogP contribution is -2.39. The van der Waals surface area contributed by atoms with Crippen LogP contribution in [0.3, 0.4) is 0 Å². The summed E-state index contributed by atoms with van der Waals surface area (Å²) in [6, 6.07) is 0.225. The third-order valence-electron chi connectivity index (χ3n) is 5.42. The quantitative estimate of drug-likeness (QED) is 0.612. The zero-order chi connectivity index (χ0) is 18.1. The lowest BCUT2D eigenvalue weighted by atomic mass is 9.84. The van der Waals surface area contributed by atoms with Crippen LogP contribution in [0.4, 0.5) is 0 Å². The molecule has 1 N–H and O–H groups in total. The van der Waals surface area contributed by atoms with Gasteiger partial charge in [0.25, 0.3) is 0 Å². The zero-order valence-corrected chi connectivity index (χ0v) is 16.3. The Morgan fingerprint density at radius 2 is 1.48 bits per heavy atom. The largest absolute Gasteiger partial charge is 0.378 e. The molecule has 0 saturated heterocycles. The molecule has 6 heteroatoms. The first-order valence-electron chi connectivity index (χ1n) is 9.72. The summed E-state index contributed by atoms with van der Waals surface area (Å²) in [6.45, 7) is 2.87. The van der Waals surface area contributed by atoms with Crippen LogP contribution in [0.25, 0.3) is 0 Å². The van der Waals surface area contributed by atoms with Gasteiger partial charge in [-0.2, -0.15) is 12.6 Å². The number of hydrogen-bond donors (Lipinski definition) is 2. The van der Waals surface area contributed by atoms with Crippen LogP contribution >= 0.6 is 12.6 Å². The first-order valence-corrected chi connectivity index (χ1v) is 10.4. The molecule has 0 bridgehead atoms. The van der Waals surface area contributed by atoms with E-state index in [0.29, 0.717) is 25.7 Å². The molecule has 144 valence electrons. The number of ketones is 1. The highest BCUT2D eigenvalue weighted by Gasteiger charge is 2.25. The molecule has 2 aliphatic rings. The maximum Gasteiger partial charge on any atom is 0.222 e. The molecule has 0 atom stereocenters. The molecule has 5 nitrogen and oxygen atoms in total. The Morgan fingerprint density at radius 3 is 2.00 bits per heavy atom. The van der Waals surface area contributed by atoms with Crippen LogP contribution in [-0.2, 0) is 19.1 Å². The van der Waals surface area contributed by atoms with E-state index in [2.05, 4.69) is 17.9 Å². The Bertz CT molecular complexity index is 416. The first-order chi connectivity index (χ1) is 12.1. The van der Waals surface area contributed by atoms with E-state index in [9.17, 15) is 9.59 Å². The second-order valence-corrected chi connectivity index (χ2v) is 7.79. The summed E-state index contributed by atoms with van der Waals surface area (Å²) < 4.78 is 11.6. The lowest BCUT2D eigenvalue weighted by Gasteiger charge is -2.29. The Morgan fingerprint density at radius 1 is 0.920 bits per heavy atom. The molecule has 0 aromatic rings. The third-order valence-corrected chi connectivity index (χ3v) is 5.60. The second kappa shape index (κ2) is 11.2. The smallest absolute Gasteiger partial charge is 0.222 e. The SMILES string of the molecule is CC(=O)C1CCC(NC(=O)CCOC2CCC(OCCS)CC2)CC1. The first kappa shape index (κ1) is 20.7. The van der Waals surface area contributed by atoms with E-state index >= 15 is 0 Å². The van der Waals surface area contributed by atoms with E-state index in [0.717, 1.165) is 57.1 Å². The van der Waals surface area contributed by atoms with Gasteiger partial charge in [0.05, 0.1) is 25.4 Å². The van der Waals surface area contributed by atoms with E-state index in [1.54, 1.807) is 6.92 Å². The van der Waals surface area contributed by atoms with Gasteiger partial charge in [-0.1, -0.05) is 0 Å². The molecule has 0 spiro atoms. The molecular weight excluding hydrogens is 338 g/mol. The van der Waals surface area contributed by atoms with Crippen LogP contribution in [0.15, 0.2) is 0 Å². The summed E-state index contributed by atoms with van der Waals surface area (Å²) >= 11 is 4.16. The maximum absolute atomic E-state index is 12.1. The Kier molecular flexibility index (Phi) is 9.28. The topological polar surface area (TPSA) is 64.6 Å². The number of rotatable bonds is 9. The Balaban J connectivity index is 1.52. The number of carbonyl (C=O) groups excluding carboxylic acids is 2. The summed E-state index contributed by atoms with van der Waals surface area (Å²) in [7, 11) is 0. The second-order valence-electron chi connectivity index (χ2n) is 7.34. The van der Waals surface area contributed by atoms with Crippen molar-refractivity contribution in [1.82, 2.24) is 5.32 Å². The Hall–Kier alpha value is -0.590. The molecule has 2 saturated carbocycles. The zero-order valence-electron chi connectivity index (χ0n) is 15.4. The number of thiol groups is 1. The van der Waals surface area contributed by atoms with E-state index in [-0.39, 0.29) is 29.8 Å². The van der Waals surface area contributed by atoms with Crippen molar-refractivity contribution in [2.75, 3.05) is 19.0 Å². The molecule has 0 heterocycles. The van der Waals surface area contributed by atoms with E-state index in [1.807, 2.05) is 0 Å². The fourth-order valence-electron chi connectivity index (χ4n) is 3.85. The normalized spacial score (nSPS) is 30.0. The van der Waals surface area contributed by atoms with Gasteiger partial charge < -0.3 is 14.8 Å². The molecular formula is C19H33NO4S. The van der Waals surface area contributed by atoms with Gasteiger partial charge in [0, 0.05) is 24.1 Å². The summed E-state index contributed by atoms with van der Waals surface area (Å²) in [5.74, 6) is 1.31. The molecule has 2 aliphatic carbocycles. The standard InChI is InChI=1S/C19H33NO4S/c1-14(21)15-2-4-16(5-3-15)20-19(22)10-11-23-17-6-8-18(9-7-17)24-12-13-25/h15-18,25H,2-13H2,1H3,(H,20,22). The minimum atomic E-state index is 0.0667.